The molecule has 2 atom stereocenters. The number of hydrogen-bond acceptors (Lipinski definition) is 2. The van der Waals surface area contributed by atoms with E-state index in [4.69, 9.17) is 5.73 Å². The Morgan fingerprint density at radius 2 is 2.07 bits per heavy atom. The first-order valence-corrected chi connectivity index (χ1v) is 6.20. The van der Waals surface area contributed by atoms with Crippen LogP contribution in [-0.4, -0.2) is 24.0 Å². The monoisotopic (exact) mass is 302 g/mol. The quantitative estimate of drug-likeness (QED) is 0.515. The molecule has 1 aliphatic heterocycles. The van der Waals surface area contributed by atoms with Gasteiger partial charge in [-0.3, -0.25) is 4.90 Å². The first-order chi connectivity index (χ1) is 6.77. The summed E-state index contributed by atoms with van der Waals surface area (Å²) < 4.78 is 0.474. The van der Waals surface area contributed by atoms with Gasteiger partial charge in [0.05, 0.1) is 4.05 Å². The van der Waals surface area contributed by atoms with Crippen LogP contribution in [0.5, 0.6) is 0 Å². The van der Waals surface area contributed by atoms with Gasteiger partial charge in [0.2, 0.25) is 0 Å². The van der Waals surface area contributed by atoms with Crippen LogP contribution < -0.4 is 5.73 Å². The molecule has 0 amide bonds. The largest absolute Gasteiger partial charge is 0.326 e. The lowest BCUT2D eigenvalue weighted by Gasteiger charge is -2.22. The van der Waals surface area contributed by atoms with E-state index in [1.165, 1.54) is 5.56 Å². The number of likely N-dealkylation sites (tertiary alicyclic amines) is 1. The van der Waals surface area contributed by atoms with E-state index in [9.17, 15) is 0 Å². The highest BCUT2D eigenvalue weighted by molar-refractivity contribution is 14.1. The third-order valence-corrected chi connectivity index (χ3v) is 4.16. The van der Waals surface area contributed by atoms with Crippen molar-refractivity contribution in [1.82, 2.24) is 4.90 Å². The number of nitrogens with zero attached hydrogens (tertiary/aromatic N) is 1. The van der Waals surface area contributed by atoms with Gasteiger partial charge in [-0.2, -0.15) is 0 Å². The van der Waals surface area contributed by atoms with E-state index in [2.05, 4.69) is 57.8 Å². The van der Waals surface area contributed by atoms with Crippen molar-refractivity contribution in [2.75, 3.05) is 13.1 Å². The maximum atomic E-state index is 5.90. The molecule has 1 aromatic rings. The average molecular weight is 302 g/mol. The first-order valence-electron chi connectivity index (χ1n) is 4.96. The molecule has 14 heavy (non-hydrogen) atoms. The molecule has 0 saturated carbocycles. The van der Waals surface area contributed by atoms with Crippen LogP contribution >= 0.6 is 22.6 Å². The van der Waals surface area contributed by atoms with Crippen LogP contribution in [0.2, 0.25) is 0 Å². The summed E-state index contributed by atoms with van der Waals surface area (Å²) in [5, 5.41) is 0. The molecule has 2 unspecified atom stereocenters. The molecule has 76 valence electrons. The SMILES string of the molecule is NC1CCN(C(I)c2ccccc2)C1. The van der Waals surface area contributed by atoms with E-state index in [0.717, 1.165) is 19.5 Å². The van der Waals surface area contributed by atoms with Gasteiger partial charge in [0.25, 0.3) is 0 Å². The Balaban J connectivity index is 2.05. The van der Waals surface area contributed by atoms with Crippen molar-refractivity contribution in [3.8, 4) is 0 Å². The Bertz CT molecular complexity index is 289. The zero-order valence-electron chi connectivity index (χ0n) is 8.07. The Hall–Kier alpha value is -0.130. The van der Waals surface area contributed by atoms with Crippen LogP contribution in [-0.2, 0) is 0 Å². The topological polar surface area (TPSA) is 29.3 Å². The lowest BCUT2D eigenvalue weighted by atomic mass is 10.2. The Morgan fingerprint density at radius 3 is 2.64 bits per heavy atom. The minimum atomic E-state index is 0.371. The van der Waals surface area contributed by atoms with Gasteiger partial charge >= 0.3 is 0 Å². The maximum absolute atomic E-state index is 5.90. The summed E-state index contributed by atoms with van der Waals surface area (Å²) in [6.45, 7) is 2.16. The molecule has 2 N–H and O–H groups in total. The van der Waals surface area contributed by atoms with Crippen molar-refractivity contribution in [2.45, 2.75) is 16.5 Å². The molecule has 0 spiro atoms. The Labute approximate surface area is 98.6 Å². The molecule has 1 fully saturated rings. The van der Waals surface area contributed by atoms with Crippen LogP contribution in [0.15, 0.2) is 30.3 Å². The van der Waals surface area contributed by atoms with Gasteiger partial charge in [0, 0.05) is 19.1 Å². The molecule has 3 heteroatoms. The summed E-state index contributed by atoms with van der Waals surface area (Å²) in [5.74, 6) is 0. The van der Waals surface area contributed by atoms with E-state index >= 15 is 0 Å². The lowest BCUT2D eigenvalue weighted by molar-refractivity contribution is 0.330. The van der Waals surface area contributed by atoms with Crippen molar-refractivity contribution in [3.05, 3.63) is 35.9 Å². The summed E-state index contributed by atoms with van der Waals surface area (Å²) in [4.78, 5) is 2.44. The van der Waals surface area contributed by atoms with Gasteiger partial charge in [0.1, 0.15) is 0 Å². The predicted octanol–water partition coefficient (Wildman–Crippen LogP) is 2.15. The van der Waals surface area contributed by atoms with Gasteiger partial charge in [-0.1, -0.05) is 52.9 Å². The van der Waals surface area contributed by atoms with Gasteiger partial charge in [-0.15, -0.1) is 0 Å². The predicted molar refractivity (Wildman–Crippen MR) is 67.4 cm³/mol. The number of halogens is 1. The second kappa shape index (κ2) is 4.59. The number of nitrogens with two attached hydrogens (primary N) is 1. The summed E-state index contributed by atoms with van der Waals surface area (Å²) in [7, 11) is 0. The Morgan fingerprint density at radius 1 is 1.36 bits per heavy atom. The third kappa shape index (κ3) is 2.27. The zero-order chi connectivity index (χ0) is 9.97. The normalized spacial score (nSPS) is 25.1. The molecular weight excluding hydrogens is 287 g/mol. The van der Waals surface area contributed by atoms with Crippen LogP contribution in [0.25, 0.3) is 0 Å². The molecule has 2 rings (SSSR count). The highest BCUT2D eigenvalue weighted by Crippen LogP contribution is 2.30. The first kappa shape index (κ1) is 10.4. The molecule has 1 heterocycles. The molecule has 0 bridgehead atoms. The van der Waals surface area contributed by atoms with Crippen molar-refractivity contribution in [3.63, 3.8) is 0 Å². The van der Waals surface area contributed by atoms with Crippen molar-refractivity contribution in [2.24, 2.45) is 5.73 Å². The second-order valence-corrected chi connectivity index (χ2v) is 4.97. The fourth-order valence-corrected chi connectivity index (χ4v) is 2.77. The fourth-order valence-electron chi connectivity index (χ4n) is 1.84. The van der Waals surface area contributed by atoms with Gasteiger partial charge in [-0.25, -0.2) is 0 Å². The van der Waals surface area contributed by atoms with Crippen LogP contribution in [0, 0.1) is 0 Å². The minimum absolute atomic E-state index is 0.371. The highest BCUT2D eigenvalue weighted by atomic mass is 127. The molecule has 0 radical (unpaired) electrons. The lowest BCUT2D eigenvalue weighted by Crippen LogP contribution is -2.27. The number of alkyl halides is 1. The third-order valence-electron chi connectivity index (χ3n) is 2.65. The smallest absolute Gasteiger partial charge is 0.0874 e. The van der Waals surface area contributed by atoms with E-state index < -0.39 is 0 Å². The number of benzene rings is 1. The van der Waals surface area contributed by atoms with Crippen LogP contribution in [0.4, 0.5) is 0 Å². The number of hydrogen-bond donors (Lipinski definition) is 1. The van der Waals surface area contributed by atoms with E-state index in [1.54, 1.807) is 0 Å². The van der Waals surface area contributed by atoms with E-state index in [0.29, 0.717) is 10.1 Å². The molecule has 1 saturated heterocycles. The van der Waals surface area contributed by atoms with Crippen LogP contribution in [0.1, 0.15) is 16.0 Å². The fraction of sp³-hybridized carbons (Fsp3) is 0.455. The average Bonchev–Trinajstić information content (AvgIpc) is 2.65. The van der Waals surface area contributed by atoms with E-state index in [-0.39, 0.29) is 0 Å². The summed E-state index contributed by atoms with van der Waals surface area (Å²) >= 11 is 2.49. The van der Waals surface area contributed by atoms with Crippen molar-refractivity contribution < 1.29 is 0 Å². The molecule has 2 nitrogen and oxygen atoms in total. The summed E-state index contributed by atoms with van der Waals surface area (Å²) in [6, 6.07) is 11.0. The standard InChI is InChI=1S/C11H15IN2/c12-11(9-4-2-1-3-5-9)14-7-6-10(13)8-14/h1-5,10-11H,6-8,13H2. The summed E-state index contributed by atoms with van der Waals surface area (Å²) in [5.41, 5.74) is 7.27. The molecule has 1 aromatic carbocycles. The molecule has 0 aromatic heterocycles. The van der Waals surface area contributed by atoms with Crippen LogP contribution in [0.3, 0.4) is 0 Å². The van der Waals surface area contributed by atoms with Crippen molar-refractivity contribution in [1.29, 1.82) is 0 Å². The van der Waals surface area contributed by atoms with Gasteiger partial charge < -0.3 is 5.73 Å². The Kier molecular flexibility index (Phi) is 3.41. The second-order valence-electron chi connectivity index (χ2n) is 3.79. The maximum Gasteiger partial charge on any atom is 0.0874 e. The minimum Gasteiger partial charge on any atom is -0.326 e. The van der Waals surface area contributed by atoms with Gasteiger partial charge in [0.15, 0.2) is 0 Å². The zero-order valence-corrected chi connectivity index (χ0v) is 10.2. The number of rotatable bonds is 2. The van der Waals surface area contributed by atoms with Gasteiger partial charge in [-0.05, 0) is 12.0 Å². The van der Waals surface area contributed by atoms with E-state index in [1.807, 2.05) is 0 Å². The summed E-state index contributed by atoms with van der Waals surface area (Å²) in [6.07, 6.45) is 1.13. The molecular formula is C11H15IN2. The van der Waals surface area contributed by atoms with Crippen molar-refractivity contribution >= 4 is 22.6 Å². The molecule has 1 aliphatic rings. The highest BCUT2D eigenvalue weighted by Gasteiger charge is 2.24. The molecule has 0 aliphatic carbocycles.